The number of hydrogen-bond acceptors (Lipinski definition) is 6. The number of benzene rings is 1. The molecule has 2 heterocycles. The highest BCUT2D eigenvalue weighted by Crippen LogP contribution is 2.27. The van der Waals surface area contributed by atoms with E-state index in [1.165, 1.54) is 5.56 Å². The maximum Gasteiger partial charge on any atom is 0.240 e. The van der Waals surface area contributed by atoms with Crippen LogP contribution < -0.4 is 5.73 Å². The normalized spacial score (nSPS) is 23.8. The summed E-state index contributed by atoms with van der Waals surface area (Å²) in [5.74, 6) is 1.54. The van der Waals surface area contributed by atoms with Gasteiger partial charge in [-0.1, -0.05) is 35.5 Å². The lowest BCUT2D eigenvalue weighted by Gasteiger charge is -2.14. The Balaban J connectivity index is 1.64. The average Bonchev–Trinajstić information content (AvgIpc) is 3.14. The van der Waals surface area contributed by atoms with Crippen LogP contribution in [-0.2, 0) is 11.3 Å². The summed E-state index contributed by atoms with van der Waals surface area (Å²) in [6, 6.07) is 10.5. The van der Waals surface area contributed by atoms with Crippen LogP contribution in [0.3, 0.4) is 0 Å². The van der Waals surface area contributed by atoms with Gasteiger partial charge in [0.1, 0.15) is 6.10 Å². The SMILES string of the molecule is COC(C)c1noc(CN2C[C@@H](N)[C@H](c3ccccc3)C2)n1. The van der Waals surface area contributed by atoms with Crippen LogP contribution in [0.4, 0.5) is 0 Å². The van der Waals surface area contributed by atoms with Gasteiger partial charge >= 0.3 is 0 Å². The first-order chi connectivity index (χ1) is 10.7. The molecule has 3 atom stereocenters. The minimum Gasteiger partial charge on any atom is -0.374 e. The molecule has 2 N–H and O–H groups in total. The predicted molar refractivity (Wildman–Crippen MR) is 82.2 cm³/mol. The van der Waals surface area contributed by atoms with Crippen LogP contribution in [0.1, 0.15) is 36.2 Å². The third-order valence-corrected chi connectivity index (χ3v) is 4.23. The Hall–Kier alpha value is -1.76. The molecule has 0 radical (unpaired) electrons. The zero-order valence-corrected chi connectivity index (χ0v) is 13.0. The van der Waals surface area contributed by atoms with Crippen LogP contribution in [0.5, 0.6) is 0 Å². The zero-order chi connectivity index (χ0) is 15.5. The van der Waals surface area contributed by atoms with Crippen LogP contribution in [0.15, 0.2) is 34.9 Å². The monoisotopic (exact) mass is 302 g/mol. The molecule has 1 fully saturated rings. The van der Waals surface area contributed by atoms with Crippen LogP contribution in [0.2, 0.25) is 0 Å². The fraction of sp³-hybridized carbons (Fsp3) is 0.500. The van der Waals surface area contributed by atoms with Gasteiger partial charge in [0.25, 0.3) is 0 Å². The average molecular weight is 302 g/mol. The highest BCUT2D eigenvalue weighted by atomic mass is 16.5. The van der Waals surface area contributed by atoms with Crippen molar-refractivity contribution in [3.05, 3.63) is 47.6 Å². The molecule has 1 aromatic heterocycles. The fourth-order valence-corrected chi connectivity index (χ4v) is 2.89. The Kier molecular flexibility index (Phi) is 4.52. The van der Waals surface area contributed by atoms with E-state index in [4.69, 9.17) is 15.0 Å². The number of nitrogens with zero attached hydrogens (tertiary/aromatic N) is 3. The van der Waals surface area contributed by atoms with Gasteiger partial charge in [0.15, 0.2) is 5.82 Å². The van der Waals surface area contributed by atoms with Crippen molar-refractivity contribution in [2.75, 3.05) is 20.2 Å². The Labute approximate surface area is 130 Å². The Morgan fingerprint density at radius 2 is 2.14 bits per heavy atom. The maximum absolute atomic E-state index is 6.30. The topological polar surface area (TPSA) is 77.4 Å². The van der Waals surface area contributed by atoms with Crippen LogP contribution >= 0.6 is 0 Å². The van der Waals surface area contributed by atoms with Gasteiger partial charge in [0, 0.05) is 32.2 Å². The summed E-state index contributed by atoms with van der Waals surface area (Å²) in [4.78, 5) is 6.64. The Bertz CT molecular complexity index is 601. The molecule has 0 spiro atoms. The van der Waals surface area contributed by atoms with Crippen molar-refractivity contribution in [2.45, 2.75) is 31.5 Å². The molecule has 2 aromatic rings. The smallest absolute Gasteiger partial charge is 0.240 e. The lowest BCUT2D eigenvalue weighted by Crippen LogP contribution is -2.28. The number of methoxy groups -OCH3 is 1. The molecule has 1 aliphatic heterocycles. The molecule has 6 nitrogen and oxygen atoms in total. The predicted octanol–water partition coefficient (Wildman–Crippen LogP) is 1.70. The van der Waals surface area contributed by atoms with Crippen molar-refractivity contribution in [3.63, 3.8) is 0 Å². The molecule has 1 aliphatic rings. The molecule has 118 valence electrons. The second kappa shape index (κ2) is 6.56. The van der Waals surface area contributed by atoms with E-state index in [0.29, 0.717) is 24.2 Å². The van der Waals surface area contributed by atoms with E-state index in [9.17, 15) is 0 Å². The number of aromatic nitrogens is 2. The van der Waals surface area contributed by atoms with Crippen molar-refractivity contribution in [2.24, 2.45) is 5.73 Å². The van der Waals surface area contributed by atoms with Crippen molar-refractivity contribution < 1.29 is 9.26 Å². The van der Waals surface area contributed by atoms with Crippen molar-refractivity contribution in [1.29, 1.82) is 0 Å². The van der Waals surface area contributed by atoms with Gasteiger partial charge in [-0.05, 0) is 12.5 Å². The van der Waals surface area contributed by atoms with Gasteiger partial charge in [0.2, 0.25) is 5.89 Å². The molecule has 1 saturated heterocycles. The lowest BCUT2D eigenvalue weighted by atomic mass is 9.95. The molecule has 22 heavy (non-hydrogen) atoms. The Morgan fingerprint density at radius 1 is 1.36 bits per heavy atom. The first-order valence-corrected chi connectivity index (χ1v) is 7.55. The first-order valence-electron chi connectivity index (χ1n) is 7.55. The van der Waals surface area contributed by atoms with Crippen molar-refractivity contribution in [3.8, 4) is 0 Å². The van der Waals surface area contributed by atoms with E-state index in [-0.39, 0.29) is 12.1 Å². The summed E-state index contributed by atoms with van der Waals surface area (Å²) in [7, 11) is 1.63. The zero-order valence-electron chi connectivity index (χ0n) is 13.0. The van der Waals surface area contributed by atoms with Crippen molar-refractivity contribution in [1.82, 2.24) is 15.0 Å². The number of hydrogen-bond donors (Lipinski definition) is 1. The number of rotatable bonds is 5. The highest BCUT2D eigenvalue weighted by molar-refractivity contribution is 5.23. The fourth-order valence-electron chi connectivity index (χ4n) is 2.89. The van der Waals surface area contributed by atoms with E-state index >= 15 is 0 Å². The number of likely N-dealkylation sites (tertiary alicyclic amines) is 1. The molecular formula is C16H22N4O2. The van der Waals surface area contributed by atoms with Gasteiger partial charge in [-0.3, -0.25) is 4.90 Å². The molecule has 0 bridgehead atoms. The van der Waals surface area contributed by atoms with Gasteiger partial charge in [0.05, 0.1) is 6.54 Å². The molecule has 3 rings (SSSR count). The van der Waals surface area contributed by atoms with Gasteiger partial charge in [-0.25, -0.2) is 0 Å². The van der Waals surface area contributed by atoms with E-state index in [1.807, 2.05) is 13.0 Å². The summed E-state index contributed by atoms with van der Waals surface area (Å²) >= 11 is 0. The maximum atomic E-state index is 6.30. The van der Waals surface area contributed by atoms with E-state index in [1.54, 1.807) is 7.11 Å². The second-order valence-corrected chi connectivity index (χ2v) is 5.80. The summed E-state index contributed by atoms with van der Waals surface area (Å²) in [6.07, 6.45) is -0.157. The third-order valence-electron chi connectivity index (χ3n) is 4.23. The minimum atomic E-state index is -0.157. The molecule has 6 heteroatoms. The van der Waals surface area contributed by atoms with Crippen LogP contribution in [0, 0.1) is 0 Å². The van der Waals surface area contributed by atoms with E-state index in [0.717, 1.165) is 13.1 Å². The minimum absolute atomic E-state index is 0.127. The number of ether oxygens (including phenoxy) is 1. The van der Waals surface area contributed by atoms with Gasteiger partial charge in [-0.15, -0.1) is 0 Å². The standard InChI is InChI=1S/C16H22N4O2/c1-11(21-2)16-18-15(22-19-16)10-20-8-13(14(17)9-20)12-6-4-3-5-7-12/h3-7,11,13-14H,8-10,17H2,1-2H3/t11?,13-,14+/m0/s1. The lowest BCUT2D eigenvalue weighted by molar-refractivity contribution is 0.109. The summed E-state index contributed by atoms with van der Waals surface area (Å²) in [5, 5.41) is 3.96. The summed E-state index contributed by atoms with van der Waals surface area (Å²) in [6.45, 7) is 4.26. The van der Waals surface area contributed by atoms with Gasteiger partial charge in [-0.2, -0.15) is 4.98 Å². The van der Waals surface area contributed by atoms with E-state index < -0.39 is 0 Å². The summed E-state index contributed by atoms with van der Waals surface area (Å²) < 4.78 is 10.5. The first kappa shape index (κ1) is 15.1. The third kappa shape index (κ3) is 3.19. The summed E-state index contributed by atoms with van der Waals surface area (Å²) in [5.41, 5.74) is 7.59. The molecular weight excluding hydrogens is 280 g/mol. The Morgan fingerprint density at radius 3 is 2.86 bits per heavy atom. The second-order valence-electron chi connectivity index (χ2n) is 5.80. The molecule has 0 aliphatic carbocycles. The quantitative estimate of drug-likeness (QED) is 0.906. The van der Waals surface area contributed by atoms with E-state index in [2.05, 4.69) is 39.3 Å². The molecule has 0 saturated carbocycles. The largest absolute Gasteiger partial charge is 0.374 e. The molecule has 1 unspecified atom stereocenters. The van der Waals surface area contributed by atoms with Crippen LogP contribution in [0.25, 0.3) is 0 Å². The number of nitrogens with two attached hydrogens (primary N) is 1. The molecule has 1 aromatic carbocycles. The van der Waals surface area contributed by atoms with Crippen LogP contribution in [-0.4, -0.2) is 41.3 Å². The van der Waals surface area contributed by atoms with Crippen molar-refractivity contribution >= 4 is 0 Å². The highest BCUT2D eigenvalue weighted by Gasteiger charge is 2.32. The molecule has 0 amide bonds. The van der Waals surface area contributed by atoms with Gasteiger partial charge < -0.3 is 15.0 Å².